The number of rotatable bonds is 7. The number of nitrogens with zero attached hydrogens (tertiary/aromatic N) is 4. The summed E-state index contributed by atoms with van der Waals surface area (Å²) in [5.74, 6) is 0.646. The molecule has 174 valence electrons. The van der Waals surface area contributed by atoms with Gasteiger partial charge in [-0.2, -0.15) is 4.37 Å². The molecule has 3 atom stereocenters. The first-order chi connectivity index (χ1) is 16.1. The maximum absolute atomic E-state index is 15.0. The summed E-state index contributed by atoms with van der Waals surface area (Å²) < 4.78 is 25.7. The second-order valence-electron chi connectivity index (χ2n) is 8.59. The van der Waals surface area contributed by atoms with Crippen LogP contribution in [0.3, 0.4) is 0 Å². The topological polar surface area (TPSA) is 73.8 Å². The van der Waals surface area contributed by atoms with Crippen molar-refractivity contribution in [2.24, 2.45) is 0 Å². The minimum absolute atomic E-state index is 0.195. The summed E-state index contributed by atoms with van der Waals surface area (Å²) >= 11 is 1.50. The van der Waals surface area contributed by atoms with Crippen LogP contribution in [0, 0.1) is 0 Å². The van der Waals surface area contributed by atoms with Crippen LogP contribution in [0.25, 0.3) is 23.2 Å². The zero-order valence-corrected chi connectivity index (χ0v) is 19.3. The predicted molar refractivity (Wildman–Crippen MR) is 128 cm³/mol. The number of β-amino-alcohol motifs (C(OH)–C–C–N with tert-alkyl or cyclic N) is 1. The fourth-order valence-electron chi connectivity index (χ4n) is 4.56. The van der Waals surface area contributed by atoms with Crippen molar-refractivity contribution in [1.82, 2.24) is 24.5 Å². The number of pyridine rings is 1. The number of benzene rings is 1. The van der Waals surface area contributed by atoms with Gasteiger partial charge in [-0.25, -0.2) is 4.39 Å². The van der Waals surface area contributed by atoms with Gasteiger partial charge in [0.1, 0.15) is 11.9 Å². The van der Waals surface area contributed by atoms with Crippen molar-refractivity contribution in [1.29, 1.82) is 0 Å². The Labute approximate surface area is 196 Å². The van der Waals surface area contributed by atoms with Crippen LogP contribution in [0.1, 0.15) is 18.1 Å². The quantitative estimate of drug-likeness (QED) is 0.539. The lowest BCUT2D eigenvalue weighted by Crippen LogP contribution is -2.53. The van der Waals surface area contributed by atoms with E-state index in [0.29, 0.717) is 31.9 Å². The van der Waals surface area contributed by atoms with Crippen molar-refractivity contribution < 1.29 is 14.2 Å². The third-order valence-corrected chi connectivity index (χ3v) is 7.21. The van der Waals surface area contributed by atoms with Gasteiger partial charge in [0.25, 0.3) is 0 Å². The van der Waals surface area contributed by atoms with Crippen LogP contribution in [-0.2, 0) is 0 Å². The lowest BCUT2D eigenvalue weighted by molar-refractivity contribution is 0.0553. The highest BCUT2D eigenvalue weighted by atomic mass is 32.1. The minimum Gasteiger partial charge on any atom is -0.495 e. The third-order valence-electron chi connectivity index (χ3n) is 6.40. The number of hydrogen-bond donors (Lipinski definition) is 2. The number of aliphatic hydroxyl groups excluding tert-OH is 1. The molecular weight excluding hydrogens is 441 g/mol. The number of halogens is 1. The Morgan fingerprint density at radius 2 is 2.27 bits per heavy atom. The average Bonchev–Trinajstić information content (AvgIpc) is 3.30. The van der Waals surface area contributed by atoms with Crippen molar-refractivity contribution in [3.05, 3.63) is 52.0 Å². The molecule has 0 bridgehead atoms. The molecule has 2 aliphatic rings. The van der Waals surface area contributed by atoms with Crippen molar-refractivity contribution in [3.8, 4) is 5.75 Å². The van der Waals surface area contributed by atoms with Crippen LogP contribution in [0.2, 0.25) is 0 Å². The molecule has 0 saturated carbocycles. The number of hydrogen-bond acceptors (Lipinski definition) is 8. The van der Waals surface area contributed by atoms with Gasteiger partial charge in [0, 0.05) is 48.7 Å². The van der Waals surface area contributed by atoms with Gasteiger partial charge in [-0.15, -0.1) is 0 Å². The molecule has 1 saturated heterocycles. The Morgan fingerprint density at radius 3 is 3.12 bits per heavy atom. The first kappa shape index (κ1) is 22.2. The molecule has 33 heavy (non-hydrogen) atoms. The largest absolute Gasteiger partial charge is 0.495 e. The molecule has 7 nitrogen and oxygen atoms in total. The lowest BCUT2D eigenvalue weighted by atomic mass is 9.99. The second-order valence-corrected chi connectivity index (χ2v) is 9.42. The predicted octanol–water partition coefficient (Wildman–Crippen LogP) is 1.23. The highest BCUT2D eigenvalue weighted by Crippen LogP contribution is 2.27. The Morgan fingerprint density at radius 1 is 1.36 bits per heavy atom. The van der Waals surface area contributed by atoms with E-state index in [2.05, 4.69) is 31.9 Å². The maximum atomic E-state index is 15.0. The number of nitrogens with one attached hydrogen (secondary N) is 1. The summed E-state index contributed by atoms with van der Waals surface area (Å²) in [5.41, 5.74) is 1.59. The van der Waals surface area contributed by atoms with E-state index < -0.39 is 12.3 Å². The molecule has 2 N–H and O–H groups in total. The van der Waals surface area contributed by atoms with Gasteiger partial charge in [0.05, 0.1) is 36.1 Å². The van der Waals surface area contributed by atoms with Crippen LogP contribution in [0.5, 0.6) is 5.75 Å². The van der Waals surface area contributed by atoms with Gasteiger partial charge < -0.3 is 14.7 Å². The number of alkyl halides is 1. The molecule has 2 aliphatic heterocycles. The van der Waals surface area contributed by atoms with E-state index in [1.165, 1.54) is 16.1 Å². The van der Waals surface area contributed by atoms with Crippen LogP contribution in [0.4, 0.5) is 4.39 Å². The molecule has 0 radical (unpaired) electrons. The fraction of sp³-hybridized carbons (Fsp3) is 0.417. The number of aliphatic hydroxyl groups is 1. The molecule has 3 unspecified atom stereocenters. The first-order valence-electron chi connectivity index (χ1n) is 11.2. The van der Waals surface area contributed by atoms with Crippen LogP contribution in [-0.4, -0.2) is 76.4 Å². The van der Waals surface area contributed by atoms with E-state index in [1.807, 2.05) is 35.4 Å². The van der Waals surface area contributed by atoms with Gasteiger partial charge in [-0.1, -0.05) is 12.1 Å². The first-order valence-corrected chi connectivity index (χ1v) is 12.0. The summed E-state index contributed by atoms with van der Waals surface area (Å²) in [4.78, 5) is 8.55. The zero-order valence-electron chi connectivity index (χ0n) is 18.5. The summed E-state index contributed by atoms with van der Waals surface area (Å²) in [7, 11) is 1.60. The Balaban J connectivity index is 1.17. The maximum Gasteiger partial charge on any atom is 0.137 e. The van der Waals surface area contributed by atoms with Crippen molar-refractivity contribution in [3.63, 3.8) is 0 Å². The van der Waals surface area contributed by atoms with Gasteiger partial charge in [-0.05, 0) is 48.3 Å². The van der Waals surface area contributed by atoms with E-state index >= 15 is 0 Å². The van der Waals surface area contributed by atoms with E-state index in [1.54, 1.807) is 13.3 Å². The van der Waals surface area contributed by atoms with E-state index in [0.717, 1.165) is 34.8 Å². The molecule has 0 amide bonds. The van der Waals surface area contributed by atoms with Crippen LogP contribution < -0.4 is 19.8 Å². The van der Waals surface area contributed by atoms with Gasteiger partial charge in [0.2, 0.25) is 0 Å². The molecule has 2 aromatic heterocycles. The molecule has 3 aromatic rings. The Hall–Kier alpha value is -2.59. The molecular formula is C24H28FN5O2S. The SMILES string of the molecule is COc1cnc2cccc(C(O)CN3CCC(NCN4C=c5cnsc5=CC4)C(F)C3)c2c1. The van der Waals surface area contributed by atoms with E-state index in [4.69, 9.17) is 4.74 Å². The zero-order chi connectivity index (χ0) is 22.8. The van der Waals surface area contributed by atoms with Crippen molar-refractivity contribution >= 4 is 34.7 Å². The summed E-state index contributed by atoms with van der Waals surface area (Å²) in [5, 5.41) is 16.3. The summed E-state index contributed by atoms with van der Waals surface area (Å²) in [6, 6.07) is 7.39. The van der Waals surface area contributed by atoms with Gasteiger partial charge in [-0.3, -0.25) is 15.2 Å². The van der Waals surface area contributed by atoms with Crippen molar-refractivity contribution in [2.75, 3.05) is 40.0 Å². The van der Waals surface area contributed by atoms with E-state index in [9.17, 15) is 9.50 Å². The van der Waals surface area contributed by atoms with Crippen molar-refractivity contribution in [2.45, 2.75) is 24.7 Å². The standard InChI is InChI=1S/C24H28FN5O2S/c1-32-17-9-19-18(3-2-4-21(19)26-11-17)23(31)14-29-7-5-22(20(25)13-29)27-15-30-8-6-24-16(12-30)10-28-33-24/h2-4,6,9-12,20,22-23,27,31H,5,7-8,13-15H2,1H3. The fourth-order valence-corrected chi connectivity index (χ4v) is 5.20. The third kappa shape index (κ3) is 4.86. The molecule has 1 aromatic carbocycles. The molecule has 1 fully saturated rings. The van der Waals surface area contributed by atoms with Gasteiger partial charge in [0.15, 0.2) is 0 Å². The highest BCUT2D eigenvalue weighted by molar-refractivity contribution is 7.03. The summed E-state index contributed by atoms with van der Waals surface area (Å²) in [6.07, 6.45) is 6.75. The normalized spacial score (nSPS) is 21.8. The second kappa shape index (κ2) is 9.72. The number of ether oxygens (including phenoxy) is 1. The number of likely N-dealkylation sites (tertiary alicyclic amines) is 1. The number of piperidine rings is 1. The Bertz CT molecular complexity index is 1240. The smallest absolute Gasteiger partial charge is 0.137 e. The summed E-state index contributed by atoms with van der Waals surface area (Å²) in [6.45, 7) is 2.82. The minimum atomic E-state index is -0.993. The van der Waals surface area contributed by atoms with Crippen LogP contribution >= 0.6 is 11.5 Å². The molecule has 9 heteroatoms. The molecule has 4 heterocycles. The lowest BCUT2D eigenvalue weighted by Gasteiger charge is -2.37. The monoisotopic (exact) mass is 469 g/mol. The van der Waals surface area contributed by atoms with Gasteiger partial charge >= 0.3 is 0 Å². The molecule has 0 spiro atoms. The Kier molecular flexibility index (Phi) is 6.55. The molecule has 5 rings (SSSR count). The van der Waals surface area contributed by atoms with E-state index in [-0.39, 0.29) is 6.04 Å². The molecule has 0 aliphatic carbocycles. The number of methoxy groups -OCH3 is 1. The average molecular weight is 470 g/mol. The van der Waals surface area contributed by atoms with Crippen LogP contribution in [0.15, 0.2) is 36.7 Å². The number of fused-ring (bicyclic) bond motifs is 2. The highest BCUT2D eigenvalue weighted by Gasteiger charge is 2.30. The number of aromatic nitrogens is 2.